The summed E-state index contributed by atoms with van der Waals surface area (Å²) in [7, 11) is 0. The van der Waals surface area contributed by atoms with E-state index < -0.39 is 0 Å². The molecule has 1 aliphatic heterocycles. The second-order valence-electron chi connectivity index (χ2n) is 3.75. The third kappa shape index (κ3) is 3.22. The minimum Gasteiger partial charge on any atom is -0.385 e. The molecular formula is C12H17NO2. The van der Waals surface area contributed by atoms with Crippen LogP contribution in [0.15, 0.2) is 24.3 Å². The zero-order valence-electron chi connectivity index (χ0n) is 9.03. The van der Waals surface area contributed by atoms with Gasteiger partial charge in [-0.15, -0.1) is 0 Å². The number of ether oxygens (including phenoxy) is 2. The van der Waals surface area contributed by atoms with Crippen LogP contribution in [-0.4, -0.2) is 26.0 Å². The first kappa shape index (κ1) is 10.5. The summed E-state index contributed by atoms with van der Waals surface area (Å²) in [5, 5.41) is 3.34. The van der Waals surface area contributed by atoms with Gasteiger partial charge in [-0.1, -0.05) is 17.7 Å². The molecule has 0 bridgehead atoms. The Kier molecular flexibility index (Phi) is 3.59. The van der Waals surface area contributed by atoms with E-state index in [-0.39, 0.29) is 6.29 Å². The van der Waals surface area contributed by atoms with Crippen LogP contribution in [0.4, 0.5) is 5.69 Å². The van der Waals surface area contributed by atoms with Crippen molar-refractivity contribution in [2.45, 2.75) is 19.6 Å². The van der Waals surface area contributed by atoms with Crippen LogP contribution in [0.25, 0.3) is 0 Å². The Morgan fingerprint density at radius 2 is 1.87 bits per heavy atom. The SMILES string of the molecule is Cc1ccc(NCCC2OCCO2)cc1. The van der Waals surface area contributed by atoms with Crippen LogP contribution in [0.1, 0.15) is 12.0 Å². The summed E-state index contributed by atoms with van der Waals surface area (Å²) in [5.74, 6) is 0. The molecule has 1 heterocycles. The van der Waals surface area contributed by atoms with E-state index in [1.54, 1.807) is 0 Å². The van der Waals surface area contributed by atoms with Gasteiger partial charge in [0.15, 0.2) is 6.29 Å². The minimum absolute atomic E-state index is 0.0112. The van der Waals surface area contributed by atoms with Gasteiger partial charge < -0.3 is 14.8 Å². The highest BCUT2D eigenvalue weighted by molar-refractivity contribution is 5.44. The zero-order chi connectivity index (χ0) is 10.5. The van der Waals surface area contributed by atoms with Crippen LogP contribution in [0.2, 0.25) is 0 Å². The fourth-order valence-corrected chi connectivity index (χ4v) is 1.58. The highest BCUT2D eigenvalue weighted by Crippen LogP contribution is 2.11. The fraction of sp³-hybridized carbons (Fsp3) is 0.500. The molecule has 15 heavy (non-hydrogen) atoms. The maximum Gasteiger partial charge on any atom is 0.159 e. The van der Waals surface area contributed by atoms with E-state index in [1.165, 1.54) is 5.56 Å². The van der Waals surface area contributed by atoms with Gasteiger partial charge >= 0.3 is 0 Å². The number of rotatable bonds is 4. The first-order valence-corrected chi connectivity index (χ1v) is 5.38. The fourth-order valence-electron chi connectivity index (χ4n) is 1.58. The largest absolute Gasteiger partial charge is 0.385 e. The lowest BCUT2D eigenvalue weighted by Gasteiger charge is -2.10. The van der Waals surface area contributed by atoms with E-state index in [4.69, 9.17) is 9.47 Å². The molecule has 0 amide bonds. The lowest BCUT2D eigenvalue weighted by molar-refractivity contribution is -0.0439. The van der Waals surface area contributed by atoms with Crippen molar-refractivity contribution < 1.29 is 9.47 Å². The second kappa shape index (κ2) is 5.14. The van der Waals surface area contributed by atoms with Crippen LogP contribution in [0, 0.1) is 6.92 Å². The standard InChI is InChI=1S/C12H17NO2/c1-10-2-4-11(5-3-10)13-7-6-12-14-8-9-15-12/h2-5,12-13H,6-9H2,1H3. The topological polar surface area (TPSA) is 30.5 Å². The summed E-state index contributed by atoms with van der Waals surface area (Å²) < 4.78 is 10.7. The van der Waals surface area contributed by atoms with E-state index in [1.807, 2.05) is 0 Å². The molecule has 82 valence electrons. The van der Waals surface area contributed by atoms with Crippen LogP contribution in [-0.2, 0) is 9.47 Å². The Hall–Kier alpha value is -1.06. The maximum atomic E-state index is 5.35. The van der Waals surface area contributed by atoms with Crippen LogP contribution >= 0.6 is 0 Å². The lowest BCUT2D eigenvalue weighted by Crippen LogP contribution is -2.14. The first-order valence-electron chi connectivity index (χ1n) is 5.38. The maximum absolute atomic E-state index is 5.35. The van der Waals surface area contributed by atoms with Crippen LogP contribution in [0.3, 0.4) is 0 Å². The van der Waals surface area contributed by atoms with Gasteiger partial charge in [0, 0.05) is 18.7 Å². The summed E-state index contributed by atoms with van der Waals surface area (Å²) in [6, 6.07) is 8.38. The average molecular weight is 207 g/mol. The normalized spacial score (nSPS) is 16.9. The molecule has 0 unspecified atom stereocenters. The van der Waals surface area contributed by atoms with Gasteiger partial charge in [-0.25, -0.2) is 0 Å². The molecule has 1 fully saturated rings. The van der Waals surface area contributed by atoms with Gasteiger partial charge in [-0.05, 0) is 19.1 Å². The van der Waals surface area contributed by atoms with Gasteiger partial charge in [-0.2, -0.15) is 0 Å². The Bertz CT molecular complexity index is 291. The predicted octanol–water partition coefficient (Wildman–Crippen LogP) is 2.17. The smallest absolute Gasteiger partial charge is 0.159 e. The van der Waals surface area contributed by atoms with Crippen molar-refractivity contribution in [1.29, 1.82) is 0 Å². The first-order chi connectivity index (χ1) is 7.34. The Balaban J connectivity index is 1.71. The number of nitrogens with one attached hydrogen (secondary N) is 1. The highest BCUT2D eigenvalue weighted by Gasteiger charge is 2.14. The molecule has 2 rings (SSSR count). The molecule has 1 saturated heterocycles. The van der Waals surface area contributed by atoms with E-state index in [0.717, 1.165) is 31.9 Å². The Morgan fingerprint density at radius 3 is 2.53 bits per heavy atom. The average Bonchev–Trinajstić information content (AvgIpc) is 2.74. The molecule has 1 aliphatic rings. The molecule has 1 N–H and O–H groups in total. The van der Waals surface area contributed by atoms with Gasteiger partial charge in [0.25, 0.3) is 0 Å². The number of aryl methyl sites for hydroxylation is 1. The van der Waals surface area contributed by atoms with E-state index >= 15 is 0 Å². The molecule has 1 aromatic rings. The van der Waals surface area contributed by atoms with E-state index in [9.17, 15) is 0 Å². The molecule has 0 radical (unpaired) electrons. The van der Waals surface area contributed by atoms with Crippen molar-refractivity contribution in [3.8, 4) is 0 Å². The number of hydrogen-bond donors (Lipinski definition) is 1. The highest BCUT2D eigenvalue weighted by atomic mass is 16.7. The summed E-state index contributed by atoms with van der Waals surface area (Å²) >= 11 is 0. The van der Waals surface area contributed by atoms with Crippen molar-refractivity contribution in [3.05, 3.63) is 29.8 Å². The third-order valence-electron chi connectivity index (χ3n) is 2.45. The molecular weight excluding hydrogens is 190 g/mol. The summed E-state index contributed by atoms with van der Waals surface area (Å²) in [6.07, 6.45) is 0.886. The zero-order valence-corrected chi connectivity index (χ0v) is 9.03. The quantitative estimate of drug-likeness (QED) is 0.820. The molecule has 0 aromatic heterocycles. The summed E-state index contributed by atoms with van der Waals surface area (Å²) in [4.78, 5) is 0. The van der Waals surface area contributed by atoms with Crippen molar-refractivity contribution in [2.75, 3.05) is 25.1 Å². The van der Waals surface area contributed by atoms with Gasteiger partial charge in [-0.3, -0.25) is 0 Å². The predicted molar refractivity (Wildman–Crippen MR) is 60.0 cm³/mol. The molecule has 3 nitrogen and oxygen atoms in total. The molecule has 0 aliphatic carbocycles. The molecule has 0 atom stereocenters. The van der Waals surface area contributed by atoms with Gasteiger partial charge in [0.05, 0.1) is 13.2 Å². The third-order valence-corrected chi connectivity index (χ3v) is 2.45. The lowest BCUT2D eigenvalue weighted by atomic mass is 10.2. The van der Waals surface area contributed by atoms with E-state index in [0.29, 0.717) is 0 Å². The molecule has 0 spiro atoms. The molecule has 3 heteroatoms. The van der Waals surface area contributed by atoms with E-state index in [2.05, 4.69) is 36.5 Å². The van der Waals surface area contributed by atoms with Crippen molar-refractivity contribution in [1.82, 2.24) is 0 Å². The van der Waals surface area contributed by atoms with Crippen molar-refractivity contribution in [2.24, 2.45) is 0 Å². The Labute approximate surface area is 90.4 Å². The molecule has 0 saturated carbocycles. The summed E-state index contributed by atoms with van der Waals surface area (Å²) in [5.41, 5.74) is 2.43. The number of benzene rings is 1. The van der Waals surface area contributed by atoms with Crippen molar-refractivity contribution in [3.63, 3.8) is 0 Å². The summed E-state index contributed by atoms with van der Waals surface area (Å²) in [6.45, 7) is 4.43. The van der Waals surface area contributed by atoms with Gasteiger partial charge in [0.2, 0.25) is 0 Å². The van der Waals surface area contributed by atoms with Gasteiger partial charge in [0.1, 0.15) is 0 Å². The monoisotopic (exact) mass is 207 g/mol. The molecule has 1 aromatic carbocycles. The number of hydrogen-bond acceptors (Lipinski definition) is 3. The Morgan fingerprint density at radius 1 is 1.20 bits per heavy atom. The second-order valence-corrected chi connectivity index (χ2v) is 3.75. The van der Waals surface area contributed by atoms with Crippen LogP contribution in [0.5, 0.6) is 0 Å². The van der Waals surface area contributed by atoms with Crippen LogP contribution < -0.4 is 5.32 Å². The van der Waals surface area contributed by atoms with Crippen molar-refractivity contribution >= 4 is 5.69 Å². The number of anilines is 1. The minimum atomic E-state index is -0.0112.